The first-order chi connectivity index (χ1) is 18.7. The van der Waals surface area contributed by atoms with E-state index in [0.717, 1.165) is 77.0 Å². The van der Waals surface area contributed by atoms with E-state index in [4.69, 9.17) is 10.1 Å². The van der Waals surface area contributed by atoms with Crippen molar-refractivity contribution >= 4 is 26.7 Å². The number of nitrogens with two attached hydrogens (primary N) is 1. The van der Waals surface area contributed by atoms with Crippen LogP contribution < -0.4 is 15.4 Å². The van der Waals surface area contributed by atoms with Gasteiger partial charge >= 0.3 is 0 Å². The van der Waals surface area contributed by atoms with E-state index in [1.165, 1.54) is 0 Å². The number of nitrogens with zero attached hydrogens (tertiary/aromatic N) is 5. The fourth-order valence-corrected chi connectivity index (χ4v) is 7.28. The lowest BCUT2D eigenvalue weighted by Gasteiger charge is -2.55. The van der Waals surface area contributed by atoms with Crippen molar-refractivity contribution in [2.24, 2.45) is 11.1 Å². The van der Waals surface area contributed by atoms with E-state index in [2.05, 4.69) is 58.3 Å². The third-order valence-corrected chi connectivity index (χ3v) is 9.46. The Hall–Kier alpha value is -3.47. The van der Waals surface area contributed by atoms with Crippen LogP contribution in [0.15, 0.2) is 59.9 Å². The Labute approximate surface area is 228 Å². The van der Waals surface area contributed by atoms with Gasteiger partial charge in [-0.3, -0.25) is 0 Å². The summed E-state index contributed by atoms with van der Waals surface area (Å²) in [7, 11) is -3.86. The van der Waals surface area contributed by atoms with Gasteiger partial charge in [-0.05, 0) is 112 Å². The Morgan fingerprint density at radius 1 is 1.10 bits per heavy atom. The van der Waals surface area contributed by atoms with Crippen molar-refractivity contribution in [3.05, 3.63) is 71.7 Å². The Kier molecular flexibility index (Phi) is 6.36. The molecular formula is C29H33N7O2S. The number of aromatic nitrogens is 4. The third kappa shape index (κ3) is 4.36. The van der Waals surface area contributed by atoms with Crippen molar-refractivity contribution in [3.63, 3.8) is 0 Å². The van der Waals surface area contributed by atoms with Gasteiger partial charge in [-0.25, -0.2) is 23.5 Å². The van der Waals surface area contributed by atoms with Gasteiger partial charge in [0, 0.05) is 23.2 Å². The molecule has 2 aromatic carbocycles. The molecule has 2 unspecified atom stereocenters. The maximum Gasteiger partial charge on any atom is 0.238 e. The molecule has 0 amide bonds. The van der Waals surface area contributed by atoms with Gasteiger partial charge in [0.15, 0.2) is 0 Å². The quantitative estimate of drug-likeness (QED) is 0.399. The van der Waals surface area contributed by atoms with E-state index in [0.29, 0.717) is 0 Å². The van der Waals surface area contributed by atoms with Crippen LogP contribution in [0.5, 0.6) is 0 Å². The minimum Gasteiger partial charge on any atom is -0.343 e. The molecular weight excluding hydrogens is 510 g/mol. The smallest absolute Gasteiger partial charge is 0.238 e. The van der Waals surface area contributed by atoms with Gasteiger partial charge in [-0.1, -0.05) is 6.07 Å². The summed E-state index contributed by atoms with van der Waals surface area (Å²) in [4.78, 5) is 12.1. The topological polar surface area (TPSA) is 127 Å². The lowest BCUT2D eigenvalue weighted by molar-refractivity contribution is 0.196. The molecule has 1 fully saturated rings. The molecule has 6 rings (SSSR count). The summed E-state index contributed by atoms with van der Waals surface area (Å²) in [6.45, 7) is 8.35. The molecule has 202 valence electrons. The summed E-state index contributed by atoms with van der Waals surface area (Å²) >= 11 is 0. The van der Waals surface area contributed by atoms with E-state index < -0.39 is 15.6 Å². The average Bonchev–Trinajstić information content (AvgIpc) is 2.93. The van der Waals surface area contributed by atoms with E-state index in [1.807, 2.05) is 18.2 Å². The molecule has 1 saturated heterocycles. The molecule has 0 saturated carbocycles. The summed E-state index contributed by atoms with van der Waals surface area (Å²) in [5.74, 6) is 1.11. The molecule has 4 aromatic rings. The SMILES string of the molecule is Cc1cc(-c2cccnn2)cc2c(N3C(C)Cc4ccc(S(N)(=O)=O)cc4C3(C)C3CCNCC3)ncnc12. The first-order valence-corrected chi connectivity index (χ1v) is 14.9. The molecule has 9 nitrogen and oxygen atoms in total. The molecule has 3 N–H and O–H groups in total. The lowest BCUT2D eigenvalue weighted by Crippen LogP contribution is -2.59. The van der Waals surface area contributed by atoms with Crippen molar-refractivity contribution in [1.82, 2.24) is 25.5 Å². The maximum absolute atomic E-state index is 12.4. The fourth-order valence-electron chi connectivity index (χ4n) is 6.74. The molecule has 2 aliphatic heterocycles. The highest BCUT2D eigenvalue weighted by Crippen LogP contribution is 2.50. The average molecular weight is 544 g/mol. The second-order valence-electron chi connectivity index (χ2n) is 11.0. The first-order valence-electron chi connectivity index (χ1n) is 13.4. The number of hydrogen-bond acceptors (Lipinski definition) is 8. The zero-order valence-electron chi connectivity index (χ0n) is 22.4. The van der Waals surface area contributed by atoms with Gasteiger partial charge in [0.2, 0.25) is 10.0 Å². The summed E-state index contributed by atoms with van der Waals surface area (Å²) in [5, 5.41) is 18.5. The van der Waals surface area contributed by atoms with E-state index in [9.17, 15) is 8.42 Å². The van der Waals surface area contributed by atoms with Crippen LogP contribution in [0.4, 0.5) is 5.82 Å². The number of fused-ring (bicyclic) bond motifs is 2. The lowest BCUT2D eigenvalue weighted by atomic mass is 9.68. The van der Waals surface area contributed by atoms with Crippen LogP contribution in [-0.2, 0) is 22.0 Å². The Morgan fingerprint density at radius 2 is 1.90 bits per heavy atom. The largest absolute Gasteiger partial charge is 0.343 e. The number of hydrogen-bond donors (Lipinski definition) is 2. The standard InChI is InChI=1S/C29H33N7O2S/c1-18-13-21(26-5-4-10-34-35-26)15-24-27(18)32-17-33-28(24)36-19(2)14-20-6-7-23(39(30,37)38)16-25(20)29(36,3)22-8-11-31-12-9-22/h4-7,10,13,15-17,19,22,31H,8-9,11-12,14H2,1-3H3,(H2,30,37,38). The molecule has 0 aliphatic carbocycles. The number of primary sulfonamides is 1. The minimum absolute atomic E-state index is 0.108. The number of nitrogens with one attached hydrogen (secondary N) is 1. The van der Waals surface area contributed by atoms with E-state index in [1.54, 1.807) is 24.7 Å². The number of sulfonamides is 1. The van der Waals surface area contributed by atoms with Gasteiger partial charge in [0.1, 0.15) is 12.1 Å². The second-order valence-corrected chi connectivity index (χ2v) is 12.5. The van der Waals surface area contributed by atoms with Gasteiger partial charge < -0.3 is 10.2 Å². The van der Waals surface area contributed by atoms with Gasteiger partial charge in [-0.2, -0.15) is 10.2 Å². The molecule has 0 spiro atoms. The zero-order chi connectivity index (χ0) is 27.4. The number of aryl methyl sites for hydroxylation is 1. The van der Waals surface area contributed by atoms with Crippen LogP contribution in [0.2, 0.25) is 0 Å². The van der Waals surface area contributed by atoms with Crippen LogP contribution in [0, 0.1) is 12.8 Å². The Morgan fingerprint density at radius 3 is 2.62 bits per heavy atom. The van der Waals surface area contributed by atoms with Gasteiger partial charge in [0.25, 0.3) is 0 Å². The predicted octanol–water partition coefficient (Wildman–Crippen LogP) is 3.71. The highest BCUT2D eigenvalue weighted by Gasteiger charge is 2.48. The second kappa shape index (κ2) is 9.62. The van der Waals surface area contributed by atoms with E-state index in [-0.39, 0.29) is 16.9 Å². The number of piperidine rings is 1. The molecule has 0 radical (unpaired) electrons. The number of anilines is 1. The van der Waals surface area contributed by atoms with Gasteiger partial charge in [0.05, 0.1) is 21.6 Å². The Bertz CT molecular complexity index is 1660. The molecule has 2 aliphatic rings. The van der Waals surface area contributed by atoms with E-state index >= 15 is 0 Å². The van der Waals surface area contributed by atoms with Crippen molar-refractivity contribution in [3.8, 4) is 11.3 Å². The summed E-state index contributed by atoms with van der Waals surface area (Å²) < 4.78 is 24.9. The summed E-state index contributed by atoms with van der Waals surface area (Å²) in [6.07, 6.45) is 5.99. The first kappa shape index (κ1) is 25.8. The van der Waals surface area contributed by atoms with Crippen molar-refractivity contribution in [2.45, 2.75) is 56.5 Å². The highest BCUT2D eigenvalue weighted by molar-refractivity contribution is 7.89. The Balaban J connectivity index is 1.61. The molecule has 0 bridgehead atoms. The highest BCUT2D eigenvalue weighted by atomic mass is 32.2. The maximum atomic E-state index is 12.4. The molecule has 2 atom stereocenters. The van der Waals surface area contributed by atoms with Crippen LogP contribution in [0.1, 0.15) is 43.4 Å². The predicted molar refractivity (Wildman–Crippen MR) is 152 cm³/mol. The summed E-state index contributed by atoms with van der Waals surface area (Å²) in [5.41, 5.74) is 5.30. The monoisotopic (exact) mass is 543 g/mol. The molecule has 2 aromatic heterocycles. The molecule has 10 heteroatoms. The number of benzene rings is 2. The fraction of sp³-hybridized carbons (Fsp3) is 0.379. The van der Waals surface area contributed by atoms with Crippen molar-refractivity contribution in [1.29, 1.82) is 0 Å². The molecule has 4 heterocycles. The minimum atomic E-state index is -3.86. The van der Waals surface area contributed by atoms with Crippen molar-refractivity contribution in [2.75, 3.05) is 18.0 Å². The third-order valence-electron chi connectivity index (χ3n) is 8.55. The normalized spacial score (nSPS) is 22.2. The van der Waals surface area contributed by atoms with Crippen molar-refractivity contribution < 1.29 is 8.42 Å². The van der Waals surface area contributed by atoms with Crippen LogP contribution in [0.3, 0.4) is 0 Å². The van der Waals surface area contributed by atoms with Crippen LogP contribution >= 0.6 is 0 Å². The van der Waals surface area contributed by atoms with Crippen LogP contribution in [0.25, 0.3) is 22.2 Å². The van der Waals surface area contributed by atoms with Gasteiger partial charge in [-0.15, -0.1) is 0 Å². The zero-order valence-corrected chi connectivity index (χ0v) is 23.2. The summed E-state index contributed by atoms with van der Waals surface area (Å²) in [6, 6.07) is 13.5. The number of rotatable bonds is 4. The molecule has 39 heavy (non-hydrogen) atoms. The van der Waals surface area contributed by atoms with Crippen LogP contribution in [-0.4, -0.2) is 47.7 Å².